The Kier molecular flexibility index (Phi) is 3.67. The normalized spacial score (nSPS) is 43.2. The molecule has 5 fully saturated rings. The van der Waals surface area contributed by atoms with Crippen LogP contribution in [-0.2, 0) is 28.5 Å². The average molecular weight is 338 g/mol. The number of fused-ring (bicyclic) bond motifs is 1. The number of ether oxygens (including phenoxy) is 5. The van der Waals surface area contributed by atoms with Crippen LogP contribution in [0.25, 0.3) is 0 Å². The van der Waals surface area contributed by atoms with Crippen molar-refractivity contribution in [3.63, 3.8) is 0 Å². The molecule has 4 atom stereocenters. The molecule has 2 saturated carbocycles. The van der Waals surface area contributed by atoms with E-state index in [9.17, 15) is 4.79 Å². The van der Waals surface area contributed by atoms with Gasteiger partial charge in [0.1, 0.15) is 12.2 Å². The smallest absolute Gasteiger partial charge is 0.338 e. The Bertz CT molecular complexity index is 508. The van der Waals surface area contributed by atoms with Crippen molar-refractivity contribution in [2.45, 2.75) is 100 Å². The van der Waals surface area contributed by atoms with Gasteiger partial charge in [0.15, 0.2) is 23.8 Å². The number of hydrogen-bond acceptors (Lipinski definition) is 6. The van der Waals surface area contributed by atoms with E-state index in [2.05, 4.69) is 0 Å². The molecule has 3 saturated heterocycles. The van der Waals surface area contributed by atoms with Crippen molar-refractivity contribution >= 4 is 5.97 Å². The van der Waals surface area contributed by atoms with Crippen LogP contribution in [-0.4, -0.2) is 48.6 Å². The Morgan fingerprint density at radius 1 is 0.750 bits per heavy atom. The molecule has 0 aromatic carbocycles. The molecule has 3 aliphatic heterocycles. The number of carbonyl (C=O) groups is 1. The minimum atomic E-state index is -0.598. The van der Waals surface area contributed by atoms with Crippen LogP contribution in [0.4, 0.5) is 0 Å². The molecular formula is C18H26O6. The van der Waals surface area contributed by atoms with Crippen molar-refractivity contribution in [1.29, 1.82) is 0 Å². The first-order valence-corrected chi connectivity index (χ1v) is 9.57. The number of carbonyl (C=O) groups excluding carboxylic acids is 1. The summed E-state index contributed by atoms with van der Waals surface area (Å²) in [6, 6.07) is 0. The van der Waals surface area contributed by atoms with E-state index >= 15 is 0 Å². The van der Waals surface area contributed by atoms with Gasteiger partial charge < -0.3 is 23.7 Å². The largest absolute Gasteiger partial charge is 0.455 e. The van der Waals surface area contributed by atoms with Crippen molar-refractivity contribution in [2.24, 2.45) is 0 Å². The molecule has 5 rings (SSSR count). The van der Waals surface area contributed by atoms with Crippen molar-refractivity contribution in [3.05, 3.63) is 0 Å². The summed E-state index contributed by atoms with van der Waals surface area (Å²) < 4.78 is 30.2. The molecule has 2 aliphatic carbocycles. The Morgan fingerprint density at radius 2 is 1.42 bits per heavy atom. The number of cyclic esters (lactones) is 1. The van der Waals surface area contributed by atoms with Gasteiger partial charge in [0.05, 0.1) is 6.61 Å². The van der Waals surface area contributed by atoms with Crippen LogP contribution in [0.1, 0.15) is 64.2 Å². The van der Waals surface area contributed by atoms with Gasteiger partial charge in [-0.3, -0.25) is 0 Å². The Labute approximate surface area is 142 Å². The Hall–Kier alpha value is -0.690. The summed E-state index contributed by atoms with van der Waals surface area (Å²) in [4.78, 5) is 12.3. The van der Waals surface area contributed by atoms with E-state index in [1.165, 1.54) is 12.8 Å². The molecule has 134 valence electrons. The van der Waals surface area contributed by atoms with Gasteiger partial charge in [-0.15, -0.1) is 0 Å². The second-order valence-corrected chi connectivity index (χ2v) is 7.93. The maximum Gasteiger partial charge on any atom is 0.338 e. The third-order valence-electron chi connectivity index (χ3n) is 6.27. The van der Waals surface area contributed by atoms with E-state index < -0.39 is 23.8 Å². The van der Waals surface area contributed by atoms with Gasteiger partial charge in [-0.05, 0) is 25.7 Å². The maximum atomic E-state index is 12.3. The highest BCUT2D eigenvalue weighted by Gasteiger charge is 2.62. The highest BCUT2D eigenvalue weighted by atomic mass is 16.8. The van der Waals surface area contributed by atoms with E-state index in [1.54, 1.807) is 0 Å². The van der Waals surface area contributed by atoms with Crippen LogP contribution in [0.5, 0.6) is 0 Å². The summed E-state index contributed by atoms with van der Waals surface area (Å²) in [7, 11) is 0. The first kappa shape index (κ1) is 15.6. The average Bonchev–Trinajstić information content (AvgIpc) is 3.24. The van der Waals surface area contributed by atoms with Gasteiger partial charge in [-0.25, -0.2) is 4.79 Å². The fourth-order valence-corrected chi connectivity index (χ4v) is 5.03. The zero-order valence-electron chi connectivity index (χ0n) is 14.0. The molecule has 0 radical (unpaired) electrons. The fraction of sp³-hybridized carbons (Fsp3) is 0.944. The summed E-state index contributed by atoms with van der Waals surface area (Å²) in [5.41, 5.74) is 0. The van der Waals surface area contributed by atoms with Gasteiger partial charge in [-0.2, -0.15) is 0 Å². The van der Waals surface area contributed by atoms with Gasteiger partial charge in [0.25, 0.3) is 0 Å². The molecule has 0 aromatic rings. The van der Waals surface area contributed by atoms with Gasteiger partial charge >= 0.3 is 5.97 Å². The van der Waals surface area contributed by atoms with E-state index in [-0.39, 0.29) is 18.2 Å². The van der Waals surface area contributed by atoms with E-state index in [0.717, 1.165) is 51.4 Å². The minimum absolute atomic E-state index is 0.246. The lowest BCUT2D eigenvalue weighted by molar-refractivity contribution is -0.230. The molecule has 6 nitrogen and oxygen atoms in total. The molecule has 24 heavy (non-hydrogen) atoms. The van der Waals surface area contributed by atoms with Gasteiger partial charge in [0.2, 0.25) is 0 Å². The van der Waals surface area contributed by atoms with Crippen molar-refractivity contribution in [3.8, 4) is 0 Å². The highest BCUT2D eigenvalue weighted by Crippen LogP contribution is 2.47. The third-order valence-corrected chi connectivity index (χ3v) is 6.27. The van der Waals surface area contributed by atoms with Crippen LogP contribution < -0.4 is 0 Å². The zero-order chi connectivity index (χ0) is 16.2. The molecule has 0 N–H and O–H groups in total. The lowest BCUT2D eigenvalue weighted by Gasteiger charge is -2.34. The molecule has 0 amide bonds. The van der Waals surface area contributed by atoms with Crippen LogP contribution in [0.2, 0.25) is 0 Å². The summed E-state index contributed by atoms with van der Waals surface area (Å²) in [5, 5.41) is 0. The van der Waals surface area contributed by atoms with Gasteiger partial charge in [0, 0.05) is 25.7 Å². The zero-order valence-corrected chi connectivity index (χ0v) is 14.0. The Morgan fingerprint density at radius 3 is 2.12 bits per heavy atom. The highest BCUT2D eigenvalue weighted by molar-refractivity contribution is 5.78. The van der Waals surface area contributed by atoms with Crippen molar-refractivity contribution in [2.75, 3.05) is 6.61 Å². The van der Waals surface area contributed by atoms with Crippen LogP contribution >= 0.6 is 0 Å². The summed E-state index contributed by atoms with van der Waals surface area (Å²) >= 11 is 0. The number of hydrogen-bond donors (Lipinski definition) is 0. The molecule has 2 spiro atoms. The van der Waals surface area contributed by atoms with E-state index in [0.29, 0.717) is 6.61 Å². The van der Waals surface area contributed by atoms with Crippen molar-refractivity contribution in [1.82, 2.24) is 0 Å². The number of esters is 1. The minimum Gasteiger partial charge on any atom is -0.455 e. The summed E-state index contributed by atoms with van der Waals surface area (Å²) in [6.45, 7) is 0.470. The van der Waals surface area contributed by atoms with Gasteiger partial charge in [-0.1, -0.05) is 12.8 Å². The maximum absolute atomic E-state index is 12.3. The molecule has 0 unspecified atom stereocenters. The molecule has 6 heteroatoms. The van der Waals surface area contributed by atoms with E-state index in [4.69, 9.17) is 23.7 Å². The van der Waals surface area contributed by atoms with Crippen LogP contribution in [0.15, 0.2) is 0 Å². The predicted octanol–water partition coefficient (Wildman–Crippen LogP) is 2.43. The summed E-state index contributed by atoms with van der Waals surface area (Å²) in [5.74, 6) is -1.34. The van der Waals surface area contributed by atoms with Crippen molar-refractivity contribution < 1.29 is 28.5 Å². The SMILES string of the molecule is O=C1O[C@@H]([C@H]2COC3(CCCCC3)O2)[C@@H]2OC3(CCCCC3)O[C@H]12. The molecule has 5 aliphatic rings. The quantitative estimate of drug-likeness (QED) is 0.684. The van der Waals surface area contributed by atoms with Crippen LogP contribution in [0.3, 0.4) is 0 Å². The van der Waals surface area contributed by atoms with Crippen LogP contribution in [0, 0.1) is 0 Å². The second kappa shape index (κ2) is 5.66. The standard InChI is InChI=1S/C18H26O6/c19-16-15-14(23-18(24-15)9-5-2-6-10-18)13(21-16)12-11-20-17(22-12)7-3-1-4-8-17/h12-15H,1-11H2/t12-,13+,14+,15+/m1/s1. The molecule has 3 heterocycles. The third kappa shape index (κ3) is 2.42. The number of rotatable bonds is 1. The second-order valence-electron chi connectivity index (χ2n) is 7.93. The lowest BCUT2D eigenvalue weighted by Crippen LogP contribution is -2.43. The molecule has 0 bridgehead atoms. The monoisotopic (exact) mass is 338 g/mol. The predicted molar refractivity (Wildman–Crippen MR) is 82.1 cm³/mol. The molecule has 0 aromatic heterocycles. The Balaban J connectivity index is 1.31. The first-order chi connectivity index (χ1) is 11.7. The fourth-order valence-electron chi connectivity index (χ4n) is 5.03. The van der Waals surface area contributed by atoms with E-state index in [1.807, 2.05) is 0 Å². The topological polar surface area (TPSA) is 63.2 Å². The first-order valence-electron chi connectivity index (χ1n) is 9.57. The molecular weight excluding hydrogens is 312 g/mol. The summed E-state index contributed by atoms with van der Waals surface area (Å²) in [6.07, 6.45) is 8.87. The lowest BCUT2D eigenvalue weighted by atomic mass is 9.94.